The number of allylic oxidation sites excluding steroid dienone is 1. The Morgan fingerprint density at radius 2 is 2.14 bits per heavy atom. The number of nitrogens with zero attached hydrogens (tertiary/aromatic N) is 2. The Kier molecular flexibility index (Phi) is 7.64. The summed E-state index contributed by atoms with van der Waals surface area (Å²) >= 11 is 0. The normalized spacial score (nSPS) is 19.2. The molecule has 0 aliphatic carbocycles. The van der Waals surface area contributed by atoms with Crippen molar-refractivity contribution < 1.29 is 24.2 Å². The summed E-state index contributed by atoms with van der Waals surface area (Å²) in [5, 5.41) is 29.1. The molecule has 2 atom stereocenters. The average Bonchev–Trinajstić information content (AvgIpc) is 3.40. The van der Waals surface area contributed by atoms with Crippen molar-refractivity contribution in [3.05, 3.63) is 52.8 Å². The Bertz CT molecular complexity index is 1200. The monoisotopic (exact) mass is 479 g/mol. The predicted octanol–water partition coefficient (Wildman–Crippen LogP) is 2.87. The quantitative estimate of drug-likeness (QED) is 0.259. The van der Waals surface area contributed by atoms with E-state index >= 15 is 0 Å². The molecule has 1 aromatic heterocycles. The molecular weight excluding hydrogens is 450 g/mol. The van der Waals surface area contributed by atoms with Gasteiger partial charge in [-0.2, -0.15) is 0 Å². The van der Waals surface area contributed by atoms with Gasteiger partial charge in [-0.1, -0.05) is 6.08 Å². The van der Waals surface area contributed by atoms with Crippen LogP contribution < -0.4 is 16.0 Å². The van der Waals surface area contributed by atoms with E-state index in [2.05, 4.69) is 25.9 Å². The summed E-state index contributed by atoms with van der Waals surface area (Å²) < 4.78 is 11.3. The van der Waals surface area contributed by atoms with E-state index in [4.69, 9.17) is 14.3 Å². The summed E-state index contributed by atoms with van der Waals surface area (Å²) in [5.41, 5.74) is 3.13. The zero-order chi connectivity index (χ0) is 24.8. The van der Waals surface area contributed by atoms with Crippen LogP contribution in [0.3, 0.4) is 0 Å². The maximum absolute atomic E-state index is 12.9. The van der Waals surface area contributed by atoms with Crippen molar-refractivity contribution in [1.82, 2.24) is 5.32 Å². The average molecular weight is 480 g/mol. The summed E-state index contributed by atoms with van der Waals surface area (Å²) in [6.07, 6.45) is 8.68. The molecule has 10 nitrogen and oxygen atoms in total. The number of carbonyl (C=O) groups is 1. The number of aromatic hydroxyl groups is 1. The van der Waals surface area contributed by atoms with Crippen molar-refractivity contribution in [1.29, 1.82) is 0 Å². The third-order valence-electron chi connectivity index (χ3n) is 5.64. The van der Waals surface area contributed by atoms with Gasteiger partial charge in [-0.15, -0.1) is 0 Å². The number of esters is 1. The van der Waals surface area contributed by atoms with Gasteiger partial charge in [0, 0.05) is 42.8 Å². The minimum atomic E-state index is -0.701. The van der Waals surface area contributed by atoms with Gasteiger partial charge in [-0.25, -0.2) is 4.79 Å². The number of nitrogens with one attached hydrogen (secondary N) is 3. The first-order valence-corrected chi connectivity index (χ1v) is 11.4. The minimum absolute atomic E-state index is 0.0243. The molecule has 10 heteroatoms. The van der Waals surface area contributed by atoms with Crippen LogP contribution in [0.4, 0.5) is 17.3 Å². The molecule has 1 aromatic carbocycles. The van der Waals surface area contributed by atoms with Crippen molar-refractivity contribution in [3.8, 4) is 5.75 Å². The lowest BCUT2D eigenvalue weighted by Crippen LogP contribution is -2.17. The Labute approximate surface area is 203 Å². The third kappa shape index (κ3) is 5.44. The van der Waals surface area contributed by atoms with E-state index in [-0.39, 0.29) is 48.3 Å². The molecule has 0 bridgehead atoms. The summed E-state index contributed by atoms with van der Waals surface area (Å²) in [6.45, 7) is 2.96. The number of aliphatic hydroxyl groups is 1. The molecule has 0 saturated carbocycles. The number of aryl methyl sites for hydroxylation is 1. The van der Waals surface area contributed by atoms with Gasteiger partial charge in [0.15, 0.2) is 17.1 Å². The topological polar surface area (TPSA) is 141 Å². The number of dihydropyridines is 1. The lowest BCUT2D eigenvalue weighted by Gasteiger charge is -2.13. The van der Waals surface area contributed by atoms with Crippen molar-refractivity contribution in [2.45, 2.75) is 13.1 Å². The number of hydrogen-bond donors (Lipinski definition) is 5. The molecule has 0 fully saturated rings. The number of ether oxygens (including phenoxy) is 1. The maximum atomic E-state index is 12.9. The summed E-state index contributed by atoms with van der Waals surface area (Å²) in [4.78, 5) is 21.6. The first kappa shape index (κ1) is 24.2. The molecule has 0 spiro atoms. The Hall–Kier alpha value is -3.89. The SMILES string of the molecule is CNCCOC(=O)c1c(Nc2ccc(NCCO)cc2C)oc(C=C2C=NC3N=CC=CC23)c1O. The summed E-state index contributed by atoms with van der Waals surface area (Å²) in [7, 11) is 1.75. The minimum Gasteiger partial charge on any atom is -0.504 e. The van der Waals surface area contributed by atoms with E-state index in [1.807, 2.05) is 37.3 Å². The molecule has 0 saturated heterocycles. The number of rotatable bonds is 10. The second-order valence-electron chi connectivity index (χ2n) is 8.11. The number of benzene rings is 1. The standard InChI is InChI=1S/C25H29N5O5/c1-15-12-17(27-8-10-31)5-6-19(15)30-24-21(25(33)34-11-9-26-2)22(32)20(35-24)13-16-14-29-23-18(16)4-3-7-28-23/h3-7,12-14,18,23,26-27,30-32H,8-11H2,1-2H3. The number of anilines is 3. The zero-order valence-corrected chi connectivity index (χ0v) is 19.6. The molecule has 5 N–H and O–H groups in total. The number of aliphatic hydroxyl groups excluding tert-OH is 1. The van der Waals surface area contributed by atoms with E-state index in [1.54, 1.807) is 25.6 Å². The second-order valence-corrected chi connectivity index (χ2v) is 8.11. The lowest BCUT2D eigenvalue weighted by molar-refractivity contribution is 0.0508. The molecule has 35 heavy (non-hydrogen) atoms. The molecule has 0 radical (unpaired) electrons. The number of fused-ring (bicyclic) bond motifs is 1. The zero-order valence-electron chi connectivity index (χ0n) is 19.6. The molecular formula is C25H29N5O5. The fraction of sp³-hybridized carbons (Fsp3) is 0.320. The third-order valence-corrected chi connectivity index (χ3v) is 5.64. The lowest BCUT2D eigenvalue weighted by atomic mass is 9.97. The molecule has 2 unspecified atom stereocenters. The van der Waals surface area contributed by atoms with Gasteiger partial charge in [-0.3, -0.25) is 9.98 Å². The van der Waals surface area contributed by atoms with E-state index in [9.17, 15) is 9.90 Å². The second kappa shape index (κ2) is 11.0. The first-order chi connectivity index (χ1) is 17.0. The number of hydrogen-bond acceptors (Lipinski definition) is 10. The van der Waals surface area contributed by atoms with Gasteiger partial charge in [0.1, 0.15) is 12.8 Å². The van der Waals surface area contributed by atoms with Crippen LogP contribution in [0.1, 0.15) is 21.7 Å². The fourth-order valence-electron chi connectivity index (χ4n) is 3.82. The fourth-order valence-corrected chi connectivity index (χ4v) is 3.82. The van der Waals surface area contributed by atoms with Crippen LogP contribution in [0.25, 0.3) is 6.08 Å². The molecule has 2 aliphatic rings. The largest absolute Gasteiger partial charge is 0.504 e. The van der Waals surface area contributed by atoms with Gasteiger partial charge in [-0.05, 0) is 55.5 Å². The smallest absolute Gasteiger partial charge is 0.347 e. The number of aliphatic imine (C=N–C) groups is 2. The highest BCUT2D eigenvalue weighted by atomic mass is 16.5. The van der Waals surface area contributed by atoms with Crippen molar-refractivity contribution in [2.24, 2.45) is 15.9 Å². The van der Waals surface area contributed by atoms with Crippen LogP contribution in [0.2, 0.25) is 0 Å². The maximum Gasteiger partial charge on any atom is 0.347 e. The van der Waals surface area contributed by atoms with Gasteiger partial charge >= 0.3 is 5.97 Å². The van der Waals surface area contributed by atoms with Crippen molar-refractivity contribution >= 4 is 41.7 Å². The predicted molar refractivity (Wildman–Crippen MR) is 136 cm³/mol. The summed E-state index contributed by atoms with van der Waals surface area (Å²) in [6, 6.07) is 5.56. The van der Waals surface area contributed by atoms with Crippen molar-refractivity contribution in [3.63, 3.8) is 0 Å². The van der Waals surface area contributed by atoms with Crippen molar-refractivity contribution in [2.75, 3.05) is 44.0 Å². The number of carbonyl (C=O) groups excluding carboxylic acids is 1. The first-order valence-electron chi connectivity index (χ1n) is 11.4. The Morgan fingerprint density at radius 3 is 2.91 bits per heavy atom. The molecule has 4 rings (SSSR count). The van der Waals surface area contributed by atoms with Gasteiger partial charge in [0.2, 0.25) is 5.88 Å². The van der Waals surface area contributed by atoms with Crippen LogP contribution in [-0.2, 0) is 4.74 Å². The van der Waals surface area contributed by atoms with Gasteiger partial charge in [0.05, 0.1) is 6.61 Å². The highest BCUT2D eigenvalue weighted by molar-refractivity contribution is 6.00. The van der Waals surface area contributed by atoms with Gasteiger partial charge < -0.3 is 35.3 Å². The van der Waals surface area contributed by atoms with Crippen LogP contribution in [-0.4, -0.2) is 68.1 Å². The molecule has 0 amide bonds. The van der Waals surface area contributed by atoms with Crippen LogP contribution in [0.15, 0.2) is 50.3 Å². The van der Waals surface area contributed by atoms with E-state index < -0.39 is 5.97 Å². The molecule has 2 aromatic rings. The molecule has 184 valence electrons. The van der Waals surface area contributed by atoms with Crippen LogP contribution >= 0.6 is 0 Å². The Morgan fingerprint density at radius 1 is 1.29 bits per heavy atom. The van der Waals surface area contributed by atoms with Crippen LogP contribution in [0, 0.1) is 12.8 Å². The highest BCUT2D eigenvalue weighted by Crippen LogP contribution is 2.39. The number of likely N-dealkylation sites (N-methyl/N-ethyl adjacent to an activating group) is 1. The summed E-state index contributed by atoms with van der Waals surface area (Å²) in [5.74, 6) is -0.877. The molecule has 3 heterocycles. The van der Waals surface area contributed by atoms with E-state index in [1.165, 1.54) is 0 Å². The molecule has 2 aliphatic heterocycles. The van der Waals surface area contributed by atoms with E-state index in [0.29, 0.717) is 18.8 Å². The highest BCUT2D eigenvalue weighted by Gasteiger charge is 2.30. The number of furan rings is 1. The van der Waals surface area contributed by atoms with Crippen LogP contribution in [0.5, 0.6) is 5.75 Å². The van der Waals surface area contributed by atoms with E-state index in [0.717, 1.165) is 16.8 Å². The van der Waals surface area contributed by atoms with Gasteiger partial charge in [0.25, 0.3) is 0 Å². The Balaban J connectivity index is 1.66.